The van der Waals surface area contributed by atoms with Crippen LogP contribution < -0.4 is 10.6 Å². The van der Waals surface area contributed by atoms with Gasteiger partial charge in [-0.05, 0) is 31.0 Å². The molecule has 0 radical (unpaired) electrons. The summed E-state index contributed by atoms with van der Waals surface area (Å²) in [5.41, 5.74) is 1.99. The van der Waals surface area contributed by atoms with E-state index in [-0.39, 0.29) is 36.0 Å². The standard InChI is InChI=1S/C22H27FN2O2/c1-15(2)22(18-9-11-19(23)12-10-18)24-14-21(27)25-20(16(3)26)13-17-7-5-4-6-8-17/h4-12,15,20,22,24H,13-14H2,1-3H3,(H,25,27)/p+1/t20-,22+/m1/s1. The second-order valence-corrected chi connectivity index (χ2v) is 7.18. The molecule has 27 heavy (non-hydrogen) atoms. The van der Waals surface area contributed by atoms with Gasteiger partial charge in [-0.2, -0.15) is 0 Å². The molecule has 0 bridgehead atoms. The van der Waals surface area contributed by atoms with Crippen molar-refractivity contribution in [2.24, 2.45) is 5.92 Å². The van der Waals surface area contributed by atoms with Gasteiger partial charge in [0.25, 0.3) is 5.91 Å². The van der Waals surface area contributed by atoms with Gasteiger partial charge in [-0.15, -0.1) is 0 Å². The molecule has 2 atom stereocenters. The highest BCUT2D eigenvalue weighted by atomic mass is 19.1. The van der Waals surface area contributed by atoms with Gasteiger partial charge in [-0.3, -0.25) is 9.59 Å². The minimum absolute atomic E-state index is 0.0428. The van der Waals surface area contributed by atoms with Crippen molar-refractivity contribution >= 4 is 11.7 Å². The predicted octanol–water partition coefficient (Wildman–Crippen LogP) is 2.40. The van der Waals surface area contributed by atoms with Gasteiger partial charge >= 0.3 is 0 Å². The zero-order valence-corrected chi connectivity index (χ0v) is 16.1. The summed E-state index contributed by atoms with van der Waals surface area (Å²) in [6.07, 6.45) is 0.480. The van der Waals surface area contributed by atoms with Gasteiger partial charge in [-0.25, -0.2) is 4.39 Å². The van der Waals surface area contributed by atoms with Crippen LogP contribution in [-0.4, -0.2) is 24.3 Å². The van der Waals surface area contributed by atoms with E-state index < -0.39 is 6.04 Å². The fourth-order valence-corrected chi connectivity index (χ4v) is 3.11. The van der Waals surface area contributed by atoms with E-state index in [9.17, 15) is 14.0 Å². The molecular formula is C22H28FN2O2+. The number of carbonyl (C=O) groups excluding carboxylic acids is 2. The van der Waals surface area contributed by atoms with Crippen LogP contribution in [0.4, 0.5) is 4.39 Å². The van der Waals surface area contributed by atoms with Crippen LogP contribution in [0.1, 0.15) is 37.9 Å². The number of nitrogens with one attached hydrogen (secondary N) is 1. The van der Waals surface area contributed by atoms with Gasteiger partial charge in [0.05, 0.1) is 6.04 Å². The van der Waals surface area contributed by atoms with E-state index >= 15 is 0 Å². The van der Waals surface area contributed by atoms with Gasteiger partial charge in [0.1, 0.15) is 11.9 Å². The van der Waals surface area contributed by atoms with Crippen LogP contribution in [0.25, 0.3) is 0 Å². The maximum absolute atomic E-state index is 13.2. The summed E-state index contributed by atoms with van der Waals surface area (Å²) in [5, 5.41) is 4.78. The molecule has 0 saturated heterocycles. The van der Waals surface area contributed by atoms with Crippen LogP contribution in [0, 0.1) is 11.7 Å². The van der Waals surface area contributed by atoms with E-state index in [4.69, 9.17) is 0 Å². The summed E-state index contributed by atoms with van der Waals surface area (Å²) in [4.78, 5) is 24.3. The van der Waals surface area contributed by atoms with E-state index in [1.54, 1.807) is 12.1 Å². The van der Waals surface area contributed by atoms with Crippen LogP contribution in [-0.2, 0) is 16.0 Å². The molecule has 2 rings (SSSR count). The lowest BCUT2D eigenvalue weighted by molar-refractivity contribution is -0.692. The SMILES string of the molecule is CC(=O)[C@@H](Cc1ccccc1)NC(=O)C[NH2+][C@H](c1ccc(F)cc1)C(C)C. The van der Waals surface area contributed by atoms with Crippen molar-refractivity contribution in [2.75, 3.05) is 6.54 Å². The molecule has 1 amide bonds. The molecule has 5 heteroatoms. The normalized spacial score (nSPS) is 13.2. The van der Waals surface area contributed by atoms with Crippen LogP contribution in [0.2, 0.25) is 0 Å². The first kappa shape index (κ1) is 20.8. The Kier molecular flexibility index (Phi) is 7.67. The van der Waals surface area contributed by atoms with Crippen molar-refractivity contribution < 1.29 is 19.3 Å². The molecule has 0 unspecified atom stereocenters. The van der Waals surface area contributed by atoms with Crippen molar-refractivity contribution in [3.63, 3.8) is 0 Å². The number of nitrogens with two attached hydrogens (primary N) is 1. The summed E-state index contributed by atoms with van der Waals surface area (Å²) in [5.74, 6) is -0.245. The zero-order chi connectivity index (χ0) is 19.8. The molecule has 0 heterocycles. The quantitative estimate of drug-likeness (QED) is 0.711. The van der Waals surface area contributed by atoms with Crippen LogP contribution in [0.3, 0.4) is 0 Å². The number of carbonyl (C=O) groups is 2. The molecule has 4 nitrogen and oxygen atoms in total. The zero-order valence-electron chi connectivity index (χ0n) is 16.1. The summed E-state index contributed by atoms with van der Waals surface area (Å²) < 4.78 is 13.2. The van der Waals surface area contributed by atoms with Gasteiger partial charge in [-0.1, -0.05) is 56.3 Å². The molecule has 0 aromatic heterocycles. The Bertz CT molecular complexity index is 745. The third-order valence-corrected chi connectivity index (χ3v) is 4.64. The summed E-state index contributed by atoms with van der Waals surface area (Å²) >= 11 is 0. The second-order valence-electron chi connectivity index (χ2n) is 7.18. The van der Waals surface area contributed by atoms with Gasteiger partial charge < -0.3 is 10.6 Å². The average Bonchev–Trinajstić information content (AvgIpc) is 2.63. The lowest BCUT2D eigenvalue weighted by atomic mass is 9.96. The molecule has 0 saturated carbocycles. The molecule has 144 valence electrons. The van der Waals surface area contributed by atoms with E-state index in [0.29, 0.717) is 6.42 Å². The Balaban J connectivity index is 1.95. The highest BCUT2D eigenvalue weighted by molar-refractivity contribution is 5.88. The number of Topliss-reactive ketones (excluding diaryl/α,β-unsaturated/α-hetero) is 1. The molecule has 2 aromatic carbocycles. The predicted molar refractivity (Wildman–Crippen MR) is 104 cm³/mol. The fourth-order valence-electron chi connectivity index (χ4n) is 3.11. The number of quaternary nitrogens is 1. The lowest BCUT2D eigenvalue weighted by Gasteiger charge is -2.21. The van der Waals surface area contributed by atoms with Gasteiger partial charge in [0.15, 0.2) is 12.3 Å². The number of halogens is 1. The smallest absolute Gasteiger partial charge is 0.275 e. The Hall–Kier alpha value is -2.53. The number of ketones is 1. The lowest BCUT2D eigenvalue weighted by Crippen LogP contribution is -2.88. The van der Waals surface area contributed by atoms with Gasteiger partial charge in [0.2, 0.25) is 0 Å². The van der Waals surface area contributed by atoms with Crippen LogP contribution in [0.15, 0.2) is 54.6 Å². The van der Waals surface area contributed by atoms with E-state index in [1.807, 2.05) is 35.6 Å². The first-order chi connectivity index (χ1) is 12.9. The van der Waals surface area contributed by atoms with Crippen molar-refractivity contribution in [1.82, 2.24) is 5.32 Å². The number of rotatable bonds is 9. The molecule has 3 N–H and O–H groups in total. The minimum Gasteiger partial charge on any atom is -0.341 e. The summed E-state index contributed by atoms with van der Waals surface area (Å²) in [6, 6.07) is 15.5. The largest absolute Gasteiger partial charge is 0.341 e. The highest BCUT2D eigenvalue weighted by Crippen LogP contribution is 2.17. The highest BCUT2D eigenvalue weighted by Gasteiger charge is 2.23. The van der Waals surface area contributed by atoms with E-state index in [2.05, 4.69) is 19.2 Å². The number of amides is 1. The first-order valence-corrected chi connectivity index (χ1v) is 9.29. The van der Waals surface area contributed by atoms with Gasteiger partial charge in [0, 0.05) is 11.5 Å². The van der Waals surface area contributed by atoms with Crippen molar-refractivity contribution in [3.05, 3.63) is 71.5 Å². The molecule has 0 aliphatic heterocycles. The van der Waals surface area contributed by atoms with Crippen molar-refractivity contribution in [3.8, 4) is 0 Å². The Labute approximate surface area is 160 Å². The maximum Gasteiger partial charge on any atom is 0.275 e. The first-order valence-electron chi connectivity index (χ1n) is 9.29. The second kappa shape index (κ2) is 9.97. The summed E-state index contributed by atoms with van der Waals surface area (Å²) in [6.45, 7) is 5.83. The molecule has 0 aliphatic carbocycles. The number of hydrogen-bond acceptors (Lipinski definition) is 2. The van der Waals surface area contributed by atoms with Crippen molar-refractivity contribution in [2.45, 2.75) is 39.3 Å². The molecule has 0 spiro atoms. The van der Waals surface area contributed by atoms with Crippen LogP contribution >= 0.6 is 0 Å². The summed E-state index contributed by atoms with van der Waals surface area (Å²) in [7, 11) is 0. The van der Waals surface area contributed by atoms with E-state index in [0.717, 1.165) is 11.1 Å². The monoisotopic (exact) mass is 371 g/mol. The Morgan fingerprint density at radius 1 is 1.04 bits per heavy atom. The minimum atomic E-state index is -0.531. The average molecular weight is 371 g/mol. The molecular weight excluding hydrogens is 343 g/mol. The molecule has 2 aromatic rings. The Morgan fingerprint density at radius 3 is 2.22 bits per heavy atom. The van der Waals surface area contributed by atoms with Crippen LogP contribution in [0.5, 0.6) is 0 Å². The molecule has 0 aliphatic rings. The topological polar surface area (TPSA) is 62.8 Å². The maximum atomic E-state index is 13.2. The number of benzene rings is 2. The number of hydrogen-bond donors (Lipinski definition) is 2. The Morgan fingerprint density at radius 2 is 1.67 bits per heavy atom. The molecule has 0 fully saturated rings. The third-order valence-electron chi connectivity index (χ3n) is 4.64. The van der Waals surface area contributed by atoms with E-state index in [1.165, 1.54) is 19.1 Å². The fraction of sp³-hybridized carbons (Fsp3) is 0.364. The third kappa shape index (κ3) is 6.61. The van der Waals surface area contributed by atoms with Crippen molar-refractivity contribution in [1.29, 1.82) is 0 Å².